The average Bonchev–Trinajstić information content (AvgIpc) is 3.07. The molecule has 0 aliphatic carbocycles. The van der Waals surface area contributed by atoms with E-state index in [1.54, 1.807) is 38.3 Å². The lowest BCUT2D eigenvalue weighted by atomic mass is 9.92. The summed E-state index contributed by atoms with van der Waals surface area (Å²) in [6.45, 7) is 1.46. The molecule has 1 unspecified atom stereocenters. The molecule has 8 heteroatoms. The van der Waals surface area contributed by atoms with Gasteiger partial charge in [0.2, 0.25) is 5.91 Å². The number of nitrogens with zero attached hydrogens (tertiary/aromatic N) is 1. The Morgan fingerprint density at radius 2 is 1.65 bits per heavy atom. The number of nitrogens with one attached hydrogen (secondary N) is 2. The number of amides is 4. The average molecular weight is 460 g/mol. The second-order valence-corrected chi connectivity index (χ2v) is 8.01. The van der Waals surface area contributed by atoms with E-state index in [0.29, 0.717) is 22.8 Å². The Morgan fingerprint density at radius 1 is 0.941 bits per heavy atom. The van der Waals surface area contributed by atoms with Crippen molar-refractivity contribution in [3.63, 3.8) is 0 Å². The van der Waals surface area contributed by atoms with E-state index in [2.05, 4.69) is 10.6 Å². The Balaban J connectivity index is 1.36. The number of carbonyl (C=O) groups excluding carboxylic acids is 3. The Hall–Kier alpha value is -4.33. The second-order valence-electron chi connectivity index (χ2n) is 8.01. The van der Waals surface area contributed by atoms with Crippen molar-refractivity contribution in [2.75, 3.05) is 13.7 Å². The molecular formula is C26H25N3O5. The van der Waals surface area contributed by atoms with Gasteiger partial charge in [-0.05, 0) is 54.4 Å². The minimum atomic E-state index is -1.26. The molecule has 4 amide bonds. The quantitative estimate of drug-likeness (QED) is 0.502. The highest BCUT2D eigenvalue weighted by Crippen LogP contribution is 2.30. The van der Waals surface area contributed by atoms with E-state index in [-0.39, 0.29) is 13.1 Å². The molecule has 4 rings (SSSR count). The smallest absolute Gasteiger partial charge is 0.325 e. The van der Waals surface area contributed by atoms with Crippen LogP contribution in [0, 0.1) is 0 Å². The van der Waals surface area contributed by atoms with Crippen molar-refractivity contribution in [1.29, 1.82) is 0 Å². The first-order chi connectivity index (χ1) is 16.4. The van der Waals surface area contributed by atoms with Gasteiger partial charge in [0.05, 0.1) is 7.11 Å². The number of urea groups is 1. The van der Waals surface area contributed by atoms with Gasteiger partial charge in [0.1, 0.15) is 29.3 Å². The van der Waals surface area contributed by atoms with Crippen molar-refractivity contribution in [2.45, 2.75) is 19.0 Å². The first kappa shape index (κ1) is 22.8. The molecule has 1 heterocycles. The monoisotopic (exact) mass is 459 g/mol. The first-order valence-corrected chi connectivity index (χ1v) is 10.8. The molecule has 1 fully saturated rings. The van der Waals surface area contributed by atoms with Crippen molar-refractivity contribution in [1.82, 2.24) is 15.5 Å². The van der Waals surface area contributed by atoms with E-state index in [9.17, 15) is 14.4 Å². The van der Waals surface area contributed by atoms with E-state index in [4.69, 9.17) is 9.47 Å². The van der Waals surface area contributed by atoms with Crippen molar-refractivity contribution in [2.24, 2.45) is 0 Å². The fourth-order valence-corrected chi connectivity index (χ4v) is 3.70. The summed E-state index contributed by atoms with van der Waals surface area (Å²) in [4.78, 5) is 39.0. The molecule has 1 aliphatic rings. The minimum Gasteiger partial charge on any atom is -0.497 e. The fraction of sp³-hybridized carbons (Fsp3) is 0.192. The molecule has 2 N–H and O–H groups in total. The van der Waals surface area contributed by atoms with Gasteiger partial charge in [-0.25, -0.2) is 4.79 Å². The van der Waals surface area contributed by atoms with Gasteiger partial charge in [-0.2, -0.15) is 0 Å². The third-order valence-electron chi connectivity index (χ3n) is 5.61. The molecule has 3 aromatic rings. The van der Waals surface area contributed by atoms with Crippen LogP contribution in [-0.2, 0) is 21.7 Å². The maximum Gasteiger partial charge on any atom is 0.325 e. The molecule has 0 spiro atoms. The number of hydrogen-bond donors (Lipinski definition) is 2. The molecule has 0 bridgehead atoms. The van der Waals surface area contributed by atoms with E-state index >= 15 is 0 Å². The number of ether oxygens (including phenoxy) is 2. The molecule has 8 nitrogen and oxygen atoms in total. The van der Waals surface area contributed by atoms with Gasteiger partial charge in [-0.15, -0.1) is 0 Å². The summed E-state index contributed by atoms with van der Waals surface area (Å²) in [6.07, 6.45) is 0. The lowest BCUT2D eigenvalue weighted by molar-refractivity contribution is -0.134. The number of imide groups is 1. The van der Waals surface area contributed by atoms with Gasteiger partial charge in [-0.1, -0.05) is 42.5 Å². The molecule has 0 radical (unpaired) electrons. The molecule has 0 aromatic heterocycles. The second kappa shape index (κ2) is 9.66. The summed E-state index contributed by atoms with van der Waals surface area (Å²) in [5.74, 6) is 1.05. The van der Waals surface area contributed by atoms with Crippen LogP contribution in [0.15, 0.2) is 78.9 Å². The van der Waals surface area contributed by atoms with Crippen LogP contribution in [0.25, 0.3) is 0 Å². The van der Waals surface area contributed by atoms with Crippen LogP contribution in [0.1, 0.15) is 18.1 Å². The number of methoxy groups -OCH3 is 1. The van der Waals surface area contributed by atoms with Crippen molar-refractivity contribution < 1.29 is 23.9 Å². The molecule has 34 heavy (non-hydrogen) atoms. The number of rotatable bonds is 8. The number of benzene rings is 3. The molecule has 1 aliphatic heterocycles. The summed E-state index contributed by atoms with van der Waals surface area (Å²) < 4.78 is 11.0. The van der Waals surface area contributed by atoms with Crippen molar-refractivity contribution in [3.05, 3.63) is 90.0 Å². The zero-order valence-electron chi connectivity index (χ0n) is 18.9. The fourth-order valence-electron chi connectivity index (χ4n) is 3.70. The van der Waals surface area contributed by atoms with Crippen LogP contribution >= 0.6 is 0 Å². The van der Waals surface area contributed by atoms with Crippen LogP contribution in [-0.4, -0.2) is 36.4 Å². The summed E-state index contributed by atoms with van der Waals surface area (Å²) in [7, 11) is 1.55. The third-order valence-corrected chi connectivity index (χ3v) is 5.61. The predicted octanol–water partition coefficient (Wildman–Crippen LogP) is 3.57. The van der Waals surface area contributed by atoms with Gasteiger partial charge < -0.3 is 20.1 Å². The molecule has 1 saturated heterocycles. The Labute approximate surface area is 197 Å². The molecule has 0 saturated carbocycles. The third kappa shape index (κ3) is 4.85. The van der Waals surface area contributed by atoms with E-state index in [1.807, 2.05) is 54.6 Å². The molecule has 3 aromatic carbocycles. The highest BCUT2D eigenvalue weighted by molar-refractivity contribution is 6.09. The first-order valence-electron chi connectivity index (χ1n) is 10.8. The van der Waals surface area contributed by atoms with Crippen molar-refractivity contribution in [3.8, 4) is 17.2 Å². The number of para-hydroxylation sites is 1. The van der Waals surface area contributed by atoms with Gasteiger partial charge in [0.25, 0.3) is 5.91 Å². The van der Waals surface area contributed by atoms with Gasteiger partial charge in [0.15, 0.2) is 0 Å². The lowest BCUT2D eigenvalue weighted by Crippen LogP contribution is -2.43. The van der Waals surface area contributed by atoms with E-state index in [1.165, 1.54) is 0 Å². The maximum atomic E-state index is 13.0. The van der Waals surface area contributed by atoms with Gasteiger partial charge in [-0.3, -0.25) is 14.5 Å². The van der Waals surface area contributed by atoms with Crippen LogP contribution in [0.4, 0.5) is 4.79 Å². The summed E-state index contributed by atoms with van der Waals surface area (Å²) in [5, 5.41) is 5.45. The highest BCUT2D eigenvalue weighted by Gasteiger charge is 2.49. The molecular weight excluding hydrogens is 434 g/mol. The zero-order valence-corrected chi connectivity index (χ0v) is 18.9. The lowest BCUT2D eigenvalue weighted by Gasteiger charge is -2.22. The summed E-state index contributed by atoms with van der Waals surface area (Å²) >= 11 is 0. The largest absolute Gasteiger partial charge is 0.497 e. The van der Waals surface area contributed by atoms with Crippen LogP contribution < -0.4 is 20.1 Å². The van der Waals surface area contributed by atoms with Crippen molar-refractivity contribution >= 4 is 17.8 Å². The van der Waals surface area contributed by atoms with Crippen LogP contribution in [0.5, 0.6) is 17.2 Å². The van der Waals surface area contributed by atoms with Gasteiger partial charge in [0, 0.05) is 6.54 Å². The SMILES string of the molecule is COc1ccc(C2(C)NC(=O)N(CC(=O)NCc3cccc(Oc4ccccc4)c3)C2=O)cc1. The standard InChI is InChI=1S/C26H25N3O5/c1-26(19-11-13-20(33-2)14-12-19)24(31)29(25(32)28-26)17-23(30)27-16-18-7-6-10-22(15-18)34-21-8-4-3-5-9-21/h3-15H,16-17H2,1-2H3,(H,27,30)(H,28,32). The van der Waals surface area contributed by atoms with E-state index < -0.39 is 23.4 Å². The summed E-state index contributed by atoms with van der Waals surface area (Å²) in [5.41, 5.74) is 0.166. The van der Waals surface area contributed by atoms with E-state index in [0.717, 1.165) is 10.5 Å². The van der Waals surface area contributed by atoms with Crippen LogP contribution in [0.2, 0.25) is 0 Å². The van der Waals surface area contributed by atoms with Gasteiger partial charge >= 0.3 is 6.03 Å². The topological polar surface area (TPSA) is 97.0 Å². The number of hydrogen-bond acceptors (Lipinski definition) is 5. The number of carbonyl (C=O) groups is 3. The highest BCUT2D eigenvalue weighted by atomic mass is 16.5. The Morgan fingerprint density at radius 3 is 2.35 bits per heavy atom. The molecule has 174 valence electrons. The minimum absolute atomic E-state index is 0.226. The van der Waals surface area contributed by atoms with Crippen LogP contribution in [0.3, 0.4) is 0 Å². The Kier molecular flexibility index (Phi) is 6.49. The maximum absolute atomic E-state index is 13.0. The predicted molar refractivity (Wildman–Crippen MR) is 125 cm³/mol. The normalized spacial score (nSPS) is 17.3. The molecule has 1 atom stereocenters. The summed E-state index contributed by atoms with van der Waals surface area (Å²) in [6, 6.07) is 23.0. The zero-order chi connectivity index (χ0) is 24.1. The Bertz CT molecular complexity index is 1200.